The van der Waals surface area contributed by atoms with Crippen LogP contribution in [-0.2, 0) is 11.8 Å². The summed E-state index contributed by atoms with van der Waals surface area (Å²) in [4.78, 5) is 0. The van der Waals surface area contributed by atoms with Crippen molar-refractivity contribution in [2.75, 3.05) is 0 Å². The lowest BCUT2D eigenvalue weighted by Crippen LogP contribution is -1.90. The first kappa shape index (κ1) is 13.4. The van der Waals surface area contributed by atoms with Crippen molar-refractivity contribution in [3.05, 3.63) is 58.6 Å². The second-order valence-corrected chi connectivity index (χ2v) is 4.99. The zero-order chi connectivity index (χ0) is 13.0. The van der Waals surface area contributed by atoms with E-state index in [1.54, 1.807) is 0 Å². The summed E-state index contributed by atoms with van der Waals surface area (Å²) >= 11 is 9.45. The average molecular weight is 326 g/mol. The Morgan fingerprint density at radius 3 is 2.72 bits per heavy atom. The third-order valence-electron chi connectivity index (χ3n) is 2.71. The molecule has 0 atom stereocenters. The van der Waals surface area contributed by atoms with Crippen LogP contribution in [0, 0.1) is 0 Å². The molecular formula is C15H14BrClO. The molecule has 2 aromatic rings. The van der Waals surface area contributed by atoms with Gasteiger partial charge in [0, 0.05) is 15.9 Å². The van der Waals surface area contributed by atoms with Gasteiger partial charge < -0.3 is 4.74 Å². The Labute approximate surface area is 121 Å². The summed E-state index contributed by atoms with van der Waals surface area (Å²) in [7, 11) is 0. The van der Waals surface area contributed by atoms with Crippen molar-refractivity contribution in [2.24, 2.45) is 0 Å². The van der Waals surface area contributed by atoms with Crippen LogP contribution in [0.25, 0.3) is 0 Å². The average Bonchev–Trinajstić information content (AvgIpc) is 2.39. The highest BCUT2D eigenvalue weighted by molar-refractivity contribution is 9.08. The lowest BCUT2D eigenvalue weighted by atomic mass is 10.1. The van der Waals surface area contributed by atoms with Gasteiger partial charge >= 0.3 is 0 Å². The molecule has 18 heavy (non-hydrogen) atoms. The number of hydrogen-bond acceptors (Lipinski definition) is 1. The van der Waals surface area contributed by atoms with Crippen LogP contribution < -0.4 is 4.74 Å². The highest BCUT2D eigenvalue weighted by Crippen LogP contribution is 2.30. The van der Waals surface area contributed by atoms with E-state index >= 15 is 0 Å². The van der Waals surface area contributed by atoms with Crippen molar-refractivity contribution in [1.29, 1.82) is 0 Å². The molecular weight excluding hydrogens is 312 g/mol. The lowest BCUT2D eigenvalue weighted by Gasteiger charge is -2.11. The number of halogens is 2. The number of alkyl halides is 1. The quantitative estimate of drug-likeness (QED) is 0.666. The molecule has 94 valence electrons. The van der Waals surface area contributed by atoms with E-state index in [4.69, 9.17) is 16.3 Å². The van der Waals surface area contributed by atoms with Crippen molar-refractivity contribution in [3.8, 4) is 11.5 Å². The van der Waals surface area contributed by atoms with Gasteiger partial charge in [-0.05, 0) is 36.2 Å². The predicted octanol–water partition coefficient (Wildman–Crippen LogP) is 5.59. The number of aryl methyl sites for hydroxylation is 1. The van der Waals surface area contributed by atoms with E-state index in [2.05, 4.69) is 35.0 Å². The van der Waals surface area contributed by atoms with Gasteiger partial charge in [-0.15, -0.1) is 0 Å². The van der Waals surface area contributed by atoms with Crippen molar-refractivity contribution < 1.29 is 4.74 Å². The molecule has 0 amide bonds. The molecule has 0 spiro atoms. The van der Waals surface area contributed by atoms with Gasteiger partial charge in [0.2, 0.25) is 0 Å². The Morgan fingerprint density at radius 2 is 2.00 bits per heavy atom. The second kappa shape index (κ2) is 6.26. The zero-order valence-corrected chi connectivity index (χ0v) is 12.5. The molecule has 1 nitrogen and oxygen atoms in total. The fraction of sp³-hybridized carbons (Fsp3) is 0.200. The predicted molar refractivity (Wildman–Crippen MR) is 80.0 cm³/mol. The molecule has 0 N–H and O–H groups in total. The maximum absolute atomic E-state index is 6.00. The lowest BCUT2D eigenvalue weighted by molar-refractivity contribution is 0.478. The monoisotopic (exact) mass is 324 g/mol. The van der Waals surface area contributed by atoms with Gasteiger partial charge in [-0.25, -0.2) is 0 Å². The standard InChI is InChI=1S/C15H14BrClO/c1-2-11-4-3-5-14(8-11)18-15-9-13(17)7-6-12(15)10-16/h3-9H,2,10H2,1H3. The van der Waals surface area contributed by atoms with Crippen LogP contribution in [0.3, 0.4) is 0 Å². The van der Waals surface area contributed by atoms with Gasteiger partial charge in [-0.1, -0.05) is 52.7 Å². The molecule has 0 unspecified atom stereocenters. The van der Waals surface area contributed by atoms with Gasteiger partial charge in [-0.2, -0.15) is 0 Å². The van der Waals surface area contributed by atoms with Gasteiger partial charge in [0.05, 0.1) is 0 Å². The molecule has 0 fully saturated rings. The van der Waals surface area contributed by atoms with E-state index < -0.39 is 0 Å². The molecule has 0 radical (unpaired) electrons. The summed E-state index contributed by atoms with van der Waals surface area (Å²) in [6.07, 6.45) is 0.998. The minimum absolute atomic E-state index is 0.682. The van der Waals surface area contributed by atoms with Crippen LogP contribution >= 0.6 is 27.5 Å². The molecule has 0 aromatic heterocycles. The molecule has 0 heterocycles. The van der Waals surface area contributed by atoms with Gasteiger partial charge in [0.25, 0.3) is 0 Å². The molecule has 0 saturated carbocycles. The summed E-state index contributed by atoms with van der Waals surface area (Å²) in [6.45, 7) is 2.13. The summed E-state index contributed by atoms with van der Waals surface area (Å²) in [5.74, 6) is 1.64. The van der Waals surface area contributed by atoms with Crippen LogP contribution in [0.1, 0.15) is 18.1 Å². The van der Waals surface area contributed by atoms with Crippen LogP contribution in [-0.4, -0.2) is 0 Å². The van der Waals surface area contributed by atoms with Crippen LogP contribution in [0.15, 0.2) is 42.5 Å². The van der Waals surface area contributed by atoms with E-state index in [9.17, 15) is 0 Å². The van der Waals surface area contributed by atoms with E-state index in [-0.39, 0.29) is 0 Å². The molecule has 3 heteroatoms. The molecule has 0 aliphatic heterocycles. The first-order valence-electron chi connectivity index (χ1n) is 5.84. The normalized spacial score (nSPS) is 10.4. The van der Waals surface area contributed by atoms with Crippen molar-refractivity contribution in [3.63, 3.8) is 0 Å². The molecule has 0 aliphatic rings. The van der Waals surface area contributed by atoms with E-state index in [0.29, 0.717) is 5.02 Å². The van der Waals surface area contributed by atoms with Crippen molar-refractivity contribution in [2.45, 2.75) is 18.7 Å². The molecule has 0 bridgehead atoms. The Morgan fingerprint density at radius 1 is 1.17 bits per heavy atom. The zero-order valence-electron chi connectivity index (χ0n) is 10.1. The topological polar surface area (TPSA) is 9.23 Å². The van der Waals surface area contributed by atoms with E-state index in [1.165, 1.54) is 5.56 Å². The van der Waals surface area contributed by atoms with Gasteiger partial charge in [-0.3, -0.25) is 0 Å². The highest BCUT2D eigenvalue weighted by Gasteiger charge is 2.05. The Balaban J connectivity index is 2.29. The number of rotatable bonds is 4. The number of ether oxygens (including phenoxy) is 1. The number of hydrogen-bond donors (Lipinski definition) is 0. The van der Waals surface area contributed by atoms with Crippen molar-refractivity contribution >= 4 is 27.5 Å². The fourth-order valence-electron chi connectivity index (χ4n) is 1.69. The maximum atomic E-state index is 6.00. The highest BCUT2D eigenvalue weighted by atomic mass is 79.9. The van der Waals surface area contributed by atoms with E-state index in [0.717, 1.165) is 28.8 Å². The minimum atomic E-state index is 0.682. The second-order valence-electron chi connectivity index (χ2n) is 3.99. The molecule has 0 saturated heterocycles. The third-order valence-corrected chi connectivity index (χ3v) is 3.55. The molecule has 0 aliphatic carbocycles. The minimum Gasteiger partial charge on any atom is -0.457 e. The SMILES string of the molecule is CCc1cccc(Oc2cc(Cl)ccc2CBr)c1. The Kier molecular flexibility index (Phi) is 4.67. The van der Waals surface area contributed by atoms with Crippen molar-refractivity contribution in [1.82, 2.24) is 0 Å². The van der Waals surface area contributed by atoms with Gasteiger partial charge in [0.15, 0.2) is 0 Å². The summed E-state index contributed by atoms with van der Waals surface area (Å²) < 4.78 is 5.91. The van der Waals surface area contributed by atoms with Gasteiger partial charge in [0.1, 0.15) is 11.5 Å². The first-order valence-corrected chi connectivity index (χ1v) is 7.34. The van der Waals surface area contributed by atoms with E-state index in [1.807, 2.05) is 30.3 Å². The molecule has 2 rings (SSSR count). The first-order chi connectivity index (χ1) is 8.72. The van der Waals surface area contributed by atoms with Crippen LogP contribution in [0.2, 0.25) is 5.02 Å². The Hall–Kier alpha value is -0.990. The summed E-state index contributed by atoms with van der Waals surface area (Å²) in [5.41, 5.74) is 2.34. The van der Waals surface area contributed by atoms with Crippen LogP contribution in [0.5, 0.6) is 11.5 Å². The Bertz CT molecular complexity index is 540. The summed E-state index contributed by atoms with van der Waals surface area (Å²) in [5, 5.41) is 1.42. The number of benzene rings is 2. The molecule has 2 aromatic carbocycles. The smallest absolute Gasteiger partial charge is 0.132 e. The van der Waals surface area contributed by atoms with Crippen LogP contribution in [0.4, 0.5) is 0 Å². The third kappa shape index (κ3) is 3.27. The largest absolute Gasteiger partial charge is 0.457 e. The fourth-order valence-corrected chi connectivity index (χ4v) is 2.31. The maximum Gasteiger partial charge on any atom is 0.132 e. The summed E-state index contributed by atoms with van der Waals surface area (Å²) in [6, 6.07) is 13.8.